The normalized spacial score (nSPS) is 13.7. The van der Waals surface area contributed by atoms with Gasteiger partial charge in [0.2, 0.25) is 0 Å². The first-order valence-electron chi connectivity index (χ1n) is 4.18. The first-order valence-corrected chi connectivity index (χ1v) is 5.31. The number of hydrogen-bond donors (Lipinski definition) is 1. The van der Waals surface area contributed by atoms with Crippen LogP contribution in [0, 0.1) is 0 Å². The third-order valence-corrected chi connectivity index (χ3v) is 2.57. The number of allylic oxidation sites excluding steroid dienone is 3. The zero-order valence-electron chi connectivity index (χ0n) is 7.81. The highest BCUT2D eigenvalue weighted by molar-refractivity contribution is 9.09. The number of alkyl halides is 1. The summed E-state index contributed by atoms with van der Waals surface area (Å²) < 4.78 is 0. The van der Waals surface area contributed by atoms with Crippen LogP contribution in [-0.2, 0) is 0 Å². The summed E-state index contributed by atoms with van der Waals surface area (Å²) in [5.74, 6) is 0. The summed E-state index contributed by atoms with van der Waals surface area (Å²) in [5, 5.41) is 9.55. The van der Waals surface area contributed by atoms with E-state index in [1.54, 1.807) is 0 Å². The highest BCUT2D eigenvalue weighted by Crippen LogP contribution is 2.07. The molecule has 2 heteroatoms. The summed E-state index contributed by atoms with van der Waals surface area (Å²) >= 11 is 3.39. The molecule has 0 atom stereocenters. The Hall–Kier alpha value is -0.0800. The Kier molecular flexibility index (Phi) is 7.51. The SMILES string of the molecule is C/C(=C\CC/C(C)=C/CO)CBr. The number of aliphatic hydroxyl groups is 1. The maximum Gasteiger partial charge on any atom is 0.0614 e. The Balaban J connectivity index is 3.62. The zero-order chi connectivity index (χ0) is 9.40. The van der Waals surface area contributed by atoms with Crippen LogP contribution in [0.25, 0.3) is 0 Å². The van der Waals surface area contributed by atoms with E-state index in [0.717, 1.165) is 18.2 Å². The van der Waals surface area contributed by atoms with E-state index < -0.39 is 0 Å². The summed E-state index contributed by atoms with van der Waals surface area (Å²) in [6, 6.07) is 0. The molecule has 0 heterocycles. The number of hydrogen-bond acceptors (Lipinski definition) is 1. The van der Waals surface area contributed by atoms with Crippen molar-refractivity contribution in [2.45, 2.75) is 26.7 Å². The Bertz CT molecular complexity index is 171. The fourth-order valence-electron chi connectivity index (χ4n) is 0.859. The molecule has 0 rings (SSSR count). The average molecular weight is 233 g/mol. The largest absolute Gasteiger partial charge is 0.392 e. The second-order valence-corrected chi connectivity index (χ2v) is 3.52. The molecule has 0 bridgehead atoms. The summed E-state index contributed by atoms with van der Waals surface area (Å²) in [4.78, 5) is 0. The van der Waals surface area contributed by atoms with Crippen LogP contribution in [0.5, 0.6) is 0 Å². The fourth-order valence-corrected chi connectivity index (χ4v) is 1.09. The minimum Gasteiger partial charge on any atom is -0.392 e. The third-order valence-electron chi connectivity index (χ3n) is 1.68. The van der Waals surface area contributed by atoms with Crippen molar-refractivity contribution in [1.82, 2.24) is 0 Å². The van der Waals surface area contributed by atoms with Gasteiger partial charge in [-0.25, -0.2) is 0 Å². The van der Waals surface area contributed by atoms with Crippen molar-refractivity contribution in [1.29, 1.82) is 0 Å². The lowest BCUT2D eigenvalue weighted by atomic mass is 10.1. The molecule has 0 unspecified atom stereocenters. The molecular weight excluding hydrogens is 216 g/mol. The zero-order valence-corrected chi connectivity index (χ0v) is 9.39. The topological polar surface area (TPSA) is 20.2 Å². The maximum atomic E-state index is 8.59. The Morgan fingerprint density at radius 1 is 1.25 bits per heavy atom. The van der Waals surface area contributed by atoms with Crippen LogP contribution in [0.3, 0.4) is 0 Å². The van der Waals surface area contributed by atoms with Gasteiger partial charge in [0, 0.05) is 5.33 Å². The molecule has 0 aliphatic heterocycles. The fraction of sp³-hybridized carbons (Fsp3) is 0.600. The monoisotopic (exact) mass is 232 g/mol. The van der Waals surface area contributed by atoms with Gasteiger partial charge in [-0.2, -0.15) is 0 Å². The first-order chi connectivity index (χ1) is 5.70. The summed E-state index contributed by atoms with van der Waals surface area (Å²) in [6.07, 6.45) is 6.20. The first kappa shape index (κ1) is 11.9. The van der Waals surface area contributed by atoms with Crippen LogP contribution < -0.4 is 0 Å². The smallest absolute Gasteiger partial charge is 0.0614 e. The standard InChI is InChI=1S/C10H17BrO/c1-9(6-7-12)4-3-5-10(2)8-11/h5-6,12H,3-4,7-8H2,1-2H3/b9-6+,10-5+. The number of rotatable bonds is 5. The molecule has 0 aromatic heterocycles. The van der Waals surface area contributed by atoms with Gasteiger partial charge in [0.15, 0.2) is 0 Å². The van der Waals surface area contributed by atoms with Crippen LogP contribution in [-0.4, -0.2) is 17.0 Å². The molecule has 1 N–H and O–H groups in total. The van der Waals surface area contributed by atoms with Gasteiger partial charge in [-0.1, -0.05) is 39.2 Å². The Morgan fingerprint density at radius 3 is 2.42 bits per heavy atom. The van der Waals surface area contributed by atoms with Crippen molar-refractivity contribution in [2.75, 3.05) is 11.9 Å². The quantitative estimate of drug-likeness (QED) is 0.571. The summed E-state index contributed by atoms with van der Waals surface area (Å²) in [5.41, 5.74) is 2.63. The van der Waals surface area contributed by atoms with Crippen LogP contribution in [0.1, 0.15) is 26.7 Å². The molecule has 0 radical (unpaired) electrons. The van der Waals surface area contributed by atoms with E-state index in [-0.39, 0.29) is 6.61 Å². The van der Waals surface area contributed by atoms with Gasteiger partial charge in [-0.05, 0) is 26.7 Å². The van der Waals surface area contributed by atoms with Crippen molar-refractivity contribution in [3.05, 3.63) is 23.3 Å². The second-order valence-electron chi connectivity index (χ2n) is 2.96. The summed E-state index contributed by atoms with van der Waals surface area (Å²) in [7, 11) is 0. The van der Waals surface area contributed by atoms with Gasteiger partial charge in [0.05, 0.1) is 6.61 Å². The molecule has 0 spiro atoms. The Morgan fingerprint density at radius 2 is 1.92 bits per heavy atom. The van der Waals surface area contributed by atoms with Gasteiger partial charge in [-0.3, -0.25) is 0 Å². The summed E-state index contributed by atoms with van der Waals surface area (Å²) in [6.45, 7) is 4.32. The molecule has 0 aromatic rings. The van der Waals surface area contributed by atoms with Crippen LogP contribution >= 0.6 is 15.9 Å². The van der Waals surface area contributed by atoms with Gasteiger partial charge in [0.25, 0.3) is 0 Å². The van der Waals surface area contributed by atoms with E-state index in [4.69, 9.17) is 5.11 Å². The van der Waals surface area contributed by atoms with Crippen LogP contribution in [0.2, 0.25) is 0 Å². The van der Waals surface area contributed by atoms with Crippen molar-refractivity contribution >= 4 is 15.9 Å². The van der Waals surface area contributed by atoms with E-state index in [1.807, 2.05) is 13.0 Å². The van der Waals surface area contributed by atoms with E-state index in [9.17, 15) is 0 Å². The van der Waals surface area contributed by atoms with Crippen LogP contribution in [0.4, 0.5) is 0 Å². The third kappa shape index (κ3) is 6.62. The van der Waals surface area contributed by atoms with Gasteiger partial charge in [-0.15, -0.1) is 0 Å². The molecule has 0 aromatic carbocycles. The molecule has 0 saturated heterocycles. The highest BCUT2D eigenvalue weighted by Gasteiger charge is 1.88. The van der Waals surface area contributed by atoms with Crippen molar-refractivity contribution in [2.24, 2.45) is 0 Å². The van der Waals surface area contributed by atoms with E-state index >= 15 is 0 Å². The molecule has 0 saturated carbocycles. The lowest BCUT2D eigenvalue weighted by Gasteiger charge is -1.97. The maximum absolute atomic E-state index is 8.59. The number of halogens is 1. The predicted molar refractivity (Wildman–Crippen MR) is 57.6 cm³/mol. The van der Waals surface area contributed by atoms with Crippen molar-refractivity contribution in [3.63, 3.8) is 0 Å². The average Bonchev–Trinajstić information content (AvgIpc) is 2.04. The lowest BCUT2D eigenvalue weighted by molar-refractivity contribution is 0.341. The van der Waals surface area contributed by atoms with E-state index in [1.165, 1.54) is 11.1 Å². The van der Waals surface area contributed by atoms with Crippen molar-refractivity contribution < 1.29 is 5.11 Å². The minimum atomic E-state index is 0.160. The van der Waals surface area contributed by atoms with Gasteiger partial charge < -0.3 is 5.11 Å². The molecule has 0 aliphatic carbocycles. The van der Waals surface area contributed by atoms with Gasteiger partial charge >= 0.3 is 0 Å². The molecule has 70 valence electrons. The number of aliphatic hydroxyl groups excluding tert-OH is 1. The molecule has 0 fully saturated rings. The van der Waals surface area contributed by atoms with E-state index in [0.29, 0.717) is 0 Å². The Labute approximate surface area is 83.3 Å². The molecule has 0 amide bonds. The molecule has 1 nitrogen and oxygen atoms in total. The van der Waals surface area contributed by atoms with Crippen molar-refractivity contribution in [3.8, 4) is 0 Å². The van der Waals surface area contributed by atoms with Crippen LogP contribution in [0.15, 0.2) is 23.3 Å². The minimum absolute atomic E-state index is 0.160. The lowest BCUT2D eigenvalue weighted by Crippen LogP contribution is -1.82. The van der Waals surface area contributed by atoms with Gasteiger partial charge in [0.1, 0.15) is 0 Å². The molecule has 0 aliphatic rings. The second kappa shape index (κ2) is 7.56. The molecule has 12 heavy (non-hydrogen) atoms. The highest BCUT2D eigenvalue weighted by atomic mass is 79.9. The molecular formula is C10H17BrO. The van der Waals surface area contributed by atoms with E-state index in [2.05, 4.69) is 28.9 Å². The predicted octanol–water partition coefficient (Wildman–Crippen LogP) is 3.05.